The molecule has 0 radical (unpaired) electrons. The summed E-state index contributed by atoms with van der Waals surface area (Å²) in [6.07, 6.45) is -1.38. The Morgan fingerprint density at radius 3 is 2.48 bits per heavy atom. The summed E-state index contributed by atoms with van der Waals surface area (Å²) < 4.78 is 38.2. The molecule has 0 aromatic carbocycles. The van der Waals surface area contributed by atoms with Crippen LogP contribution in [0, 0.1) is 0 Å². The Labute approximate surface area is 142 Å². The molecule has 0 atom stereocenters. The van der Waals surface area contributed by atoms with E-state index in [1.807, 2.05) is 6.07 Å². The smallest absolute Gasteiger partial charge is 0.366 e. The van der Waals surface area contributed by atoms with E-state index in [-0.39, 0.29) is 11.1 Å². The molecule has 0 saturated carbocycles. The first-order valence-electron chi connectivity index (χ1n) is 7.74. The van der Waals surface area contributed by atoms with Gasteiger partial charge in [0, 0.05) is 29.6 Å². The molecule has 25 heavy (non-hydrogen) atoms. The molecule has 3 aromatic heterocycles. The number of nitrogens with one attached hydrogen (secondary N) is 2. The van der Waals surface area contributed by atoms with Gasteiger partial charge >= 0.3 is 6.18 Å². The van der Waals surface area contributed by atoms with Gasteiger partial charge in [-0.05, 0) is 17.7 Å². The maximum atomic E-state index is 12.7. The number of H-pyrrole nitrogens is 1. The largest absolute Gasteiger partial charge is 0.431 e. The van der Waals surface area contributed by atoms with Gasteiger partial charge in [0.15, 0.2) is 0 Å². The Kier molecular flexibility index (Phi) is 4.14. The van der Waals surface area contributed by atoms with E-state index >= 15 is 0 Å². The number of rotatable bonds is 3. The number of pyridine rings is 1. The maximum absolute atomic E-state index is 12.7. The van der Waals surface area contributed by atoms with Crippen LogP contribution < -0.4 is 5.32 Å². The maximum Gasteiger partial charge on any atom is 0.431 e. The van der Waals surface area contributed by atoms with E-state index in [0.29, 0.717) is 17.7 Å². The van der Waals surface area contributed by atoms with E-state index in [4.69, 9.17) is 0 Å². The van der Waals surface area contributed by atoms with Crippen molar-refractivity contribution in [2.75, 3.05) is 5.32 Å². The summed E-state index contributed by atoms with van der Waals surface area (Å²) in [6.45, 7) is 6.57. The van der Waals surface area contributed by atoms with Crippen LogP contribution in [-0.2, 0) is 18.1 Å². The van der Waals surface area contributed by atoms with Gasteiger partial charge < -0.3 is 10.3 Å². The van der Waals surface area contributed by atoms with Crippen molar-refractivity contribution in [1.82, 2.24) is 19.9 Å². The number of alkyl halides is 3. The van der Waals surface area contributed by atoms with Crippen LogP contribution in [0.4, 0.5) is 19.0 Å². The van der Waals surface area contributed by atoms with Crippen LogP contribution in [0.3, 0.4) is 0 Å². The number of hydrogen-bond acceptors (Lipinski definition) is 4. The minimum absolute atomic E-state index is 0.0983. The Balaban J connectivity index is 1.77. The lowest BCUT2D eigenvalue weighted by Gasteiger charge is -2.18. The lowest BCUT2D eigenvalue weighted by atomic mass is 9.92. The van der Waals surface area contributed by atoms with Crippen molar-refractivity contribution < 1.29 is 13.2 Å². The summed E-state index contributed by atoms with van der Waals surface area (Å²) in [6, 6.07) is 4.60. The average molecular weight is 349 g/mol. The molecular weight excluding hydrogens is 331 g/mol. The van der Waals surface area contributed by atoms with Crippen LogP contribution in [0.5, 0.6) is 0 Å². The molecule has 3 aromatic rings. The van der Waals surface area contributed by atoms with Crippen molar-refractivity contribution in [3.63, 3.8) is 0 Å². The summed E-state index contributed by atoms with van der Waals surface area (Å²) in [5.74, 6) is 0.657. The first kappa shape index (κ1) is 17.2. The minimum atomic E-state index is -4.41. The van der Waals surface area contributed by atoms with E-state index in [2.05, 4.69) is 46.0 Å². The van der Waals surface area contributed by atoms with E-state index in [0.717, 1.165) is 17.3 Å². The van der Waals surface area contributed by atoms with Crippen molar-refractivity contribution in [3.8, 4) is 0 Å². The highest BCUT2D eigenvalue weighted by Crippen LogP contribution is 2.30. The molecule has 0 saturated heterocycles. The predicted octanol–water partition coefficient (Wildman–Crippen LogP) is 4.28. The Morgan fingerprint density at radius 2 is 1.80 bits per heavy atom. The molecule has 5 nitrogen and oxygen atoms in total. The number of nitrogens with zero attached hydrogens (tertiary/aromatic N) is 3. The first-order chi connectivity index (χ1) is 11.6. The quantitative estimate of drug-likeness (QED) is 0.741. The van der Waals surface area contributed by atoms with Crippen LogP contribution in [0.2, 0.25) is 0 Å². The van der Waals surface area contributed by atoms with Crippen LogP contribution in [-0.4, -0.2) is 19.9 Å². The van der Waals surface area contributed by atoms with E-state index in [1.165, 1.54) is 12.5 Å². The van der Waals surface area contributed by atoms with Crippen molar-refractivity contribution in [1.29, 1.82) is 0 Å². The zero-order valence-corrected chi connectivity index (χ0v) is 14.1. The zero-order chi connectivity index (χ0) is 18.2. The Hall–Kier alpha value is -2.64. The summed E-state index contributed by atoms with van der Waals surface area (Å²) in [7, 11) is 0. The Morgan fingerprint density at radius 1 is 1.04 bits per heavy atom. The summed E-state index contributed by atoms with van der Waals surface area (Å²) in [5.41, 5.74) is 0.980. The molecule has 0 bridgehead atoms. The number of halogens is 3. The zero-order valence-electron chi connectivity index (χ0n) is 14.1. The molecule has 0 spiro atoms. The van der Waals surface area contributed by atoms with Crippen LogP contribution in [0.25, 0.3) is 11.0 Å². The van der Waals surface area contributed by atoms with Gasteiger partial charge in [0.2, 0.25) is 0 Å². The second-order valence-corrected chi connectivity index (χ2v) is 6.85. The lowest BCUT2D eigenvalue weighted by molar-refractivity contribution is -0.140. The third kappa shape index (κ3) is 3.89. The van der Waals surface area contributed by atoms with Gasteiger partial charge in [0.25, 0.3) is 0 Å². The number of fused-ring (bicyclic) bond motifs is 1. The predicted molar refractivity (Wildman–Crippen MR) is 89.2 cm³/mol. The topological polar surface area (TPSA) is 66.5 Å². The van der Waals surface area contributed by atoms with E-state index in [1.54, 1.807) is 6.07 Å². The van der Waals surface area contributed by atoms with Crippen LogP contribution in [0.1, 0.15) is 37.7 Å². The summed E-state index contributed by atoms with van der Waals surface area (Å²) >= 11 is 0. The minimum Gasteiger partial charge on any atom is -0.366 e. The fourth-order valence-electron chi connectivity index (χ4n) is 2.37. The fraction of sp³-hybridized carbons (Fsp3) is 0.353. The number of aromatic nitrogens is 4. The van der Waals surface area contributed by atoms with Gasteiger partial charge in [0.05, 0.1) is 5.69 Å². The molecule has 0 unspecified atom stereocenters. The van der Waals surface area contributed by atoms with Gasteiger partial charge in [-0.2, -0.15) is 13.2 Å². The van der Waals surface area contributed by atoms with Gasteiger partial charge in [-0.1, -0.05) is 20.8 Å². The van der Waals surface area contributed by atoms with Crippen molar-refractivity contribution in [3.05, 3.63) is 47.7 Å². The molecule has 0 fully saturated rings. The lowest BCUT2D eigenvalue weighted by Crippen LogP contribution is -2.14. The molecule has 0 aliphatic heterocycles. The average Bonchev–Trinajstić information content (AvgIpc) is 2.96. The number of aromatic amines is 1. The van der Waals surface area contributed by atoms with Crippen LogP contribution in [0.15, 0.2) is 30.7 Å². The highest BCUT2D eigenvalue weighted by molar-refractivity contribution is 5.77. The van der Waals surface area contributed by atoms with Gasteiger partial charge in [-0.3, -0.25) is 0 Å². The van der Waals surface area contributed by atoms with Gasteiger partial charge in [0.1, 0.15) is 23.5 Å². The van der Waals surface area contributed by atoms with Crippen LogP contribution >= 0.6 is 0 Å². The summed E-state index contributed by atoms with van der Waals surface area (Å²) in [5, 5.41) is 3.57. The fourth-order valence-corrected chi connectivity index (χ4v) is 2.37. The molecule has 8 heteroatoms. The molecule has 0 amide bonds. The summed E-state index contributed by atoms with van der Waals surface area (Å²) in [4.78, 5) is 14.8. The van der Waals surface area contributed by atoms with Crippen molar-refractivity contribution in [2.24, 2.45) is 0 Å². The van der Waals surface area contributed by atoms with Crippen molar-refractivity contribution >= 4 is 16.9 Å². The van der Waals surface area contributed by atoms with Gasteiger partial charge in [-0.25, -0.2) is 15.0 Å². The SMILES string of the molecule is CC(C)(C)c1cc(NCc2cnc3[nH]c(C(F)(F)F)cc3c2)ncn1. The number of hydrogen-bond donors (Lipinski definition) is 2. The van der Waals surface area contributed by atoms with Crippen molar-refractivity contribution in [2.45, 2.75) is 38.9 Å². The number of anilines is 1. The third-order valence-corrected chi connectivity index (χ3v) is 3.74. The highest BCUT2D eigenvalue weighted by Gasteiger charge is 2.32. The third-order valence-electron chi connectivity index (χ3n) is 3.74. The van der Waals surface area contributed by atoms with E-state index < -0.39 is 11.9 Å². The molecule has 132 valence electrons. The van der Waals surface area contributed by atoms with Gasteiger partial charge in [-0.15, -0.1) is 0 Å². The Bertz CT molecular complexity index is 893. The molecule has 3 rings (SSSR count). The second-order valence-electron chi connectivity index (χ2n) is 6.85. The molecule has 0 aliphatic carbocycles. The normalized spacial score (nSPS) is 12.6. The molecule has 2 N–H and O–H groups in total. The first-order valence-corrected chi connectivity index (χ1v) is 7.74. The standard InChI is InChI=1S/C17H18F3N5/c1-16(2,3)12-6-14(24-9-23-12)21-7-10-4-11-5-13(17(18,19)20)25-15(11)22-8-10/h4-6,8-9H,7H2,1-3H3,(H,22,25)(H,21,23,24). The van der Waals surface area contributed by atoms with E-state index in [9.17, 15) is 13.2 Å². The molecule has 3 heterocycles. The highest BCUT2D eigenvalue weighted by atomic mass is 19.4. The monoisotopic (exact) mass is 349 g/mol. The molecular formula is C17H18F3N5. The second kappa shape index (κ2) is 6.02. The molecule has 0 aliphatic rings.